The number of nitrogens with zero attached hydrogens (tertiary/aromatic N) is 2. The van der Waals surface area contributed by atoms with Gasteiger partial charge in [0.25, 0.3) is 0 Å². The van der Waals surface area contributed by atoms with Gasteiger partial charge in [0.05, 0.1) is 0 Å². The van der Waals surface area contributed by atoms with Crippen LogP contribution in [0.3, 0.4) is 0 Å². The fourth-order valence-electron chi connectivity index (χ4n) is 1.97. The third-order valence-electron chi connectivity index (χ3n) is 3.03. The molecule has 2 aromatic rings. The Balaban J connectivity index is 1.68. The van der Waals surface area contributed by atoms with Gasteiger partial charge in [0.15, 0.2) is 12.4 Å². The first-order valence-electron chi connectivity index (χ1n) is 6.90. The molecule has 0 saturated heterocycles. The quantitative estimate of drug-likeness (QED) is 0.647. The summed E-state index contributed by atoms with van der Waals surface area (Å²) in [7, 11) is 0. The van der Waals surface area contributed by atoms with Crippen molar-refractivity contribution >= 4 is 11.7 Å². The minimum absolute atomic E-state index is 0.0289. The van der Waals surface area contributed by atoms with Gasteiger partial charge in [-0.3, -0.25) is 4.79 Å². The van der Waals surface area contributed by atoms with Gasteiger partial charge in [-0.1, -0.05) is 6.07 Å². The van der Waals surface area contributed by atoms with Gasteiger partial charge in [0, 0.05) is 31.2 Å². The van der Waals surface area contributed by atoms with Crippen molar-refractivity contribution < 1.29 is 9.36 Å². The predicted molar refractivity (Wildman–Crippen MR) is 78.1 cm³/mol. The van der Waals surface area contributed by atoms with E-state index in [4.69, 9.17) is 0 Å². The summed E-state index contributed by atoms with van der Waals surface area (Å²) in [4.78, 5) is 15.9. The molecule has 0 radical (unpaired) electrons. The number of unbranched alkanes of at least 4 members (excludes halogenated alkanes) is 1. The van der Waals surface area contributed by atoms with Crippen LogP contribution in [0.5, 0.6) is 0 Å². The molecule has 0 fully saturated rings. The molecule has 0 aliphatic rings. The van der Waals surface area contributed by atoms with Crippen LogP contribution in [0.1, 0.15) is 24.8 Å². The molecule has 0 atom stereocenters. The van der Waals surface area contributed by atoms with Crippen LogP contribution in [-0.4, -0.2) is 10.9 Å². The van der Waals surface area contributed by atoms with Gasteiger partial charge in [-0.25, -0.2) is 9.55 Å². The molecule has 0 saturated carbocycles. The van der Waals surface area contributed by atoms with Gasteiger partial charge in [0.2, 0.25) is 5.91 Å². The van der Waals surface area contributed by atoms with Crippen molar-refractivity contribution in [3.8, 4) is 0 Å². The van der Waals surface area contributed by atoms with E-state index in [2.05, 4.69) is 14.9 Å². The van der Waals surface area contributed by atoms with Crippen LogP contribution in [0.15, 0.2) is 48.9 Å². The molecule has 2 aromatic heterocycles. The molecule has 0 spiro atoms. The maximum atomic E-state index is 11.8. The second-order valence-corrected chi connectivity index (χ2v) is 4.84. The van der Waals surface area contributed by atoms with Crippen molar-refractivity contribution in [1.29, 1.82) is 0 Å². The highest BCUT2D eigenvalue weighted by atomic mass is 16.1. The maximum Gasteiger partial charge on any atom is 0.225 e. The number of nitrogens with one attached hydrogen (secondary N) is 1. The van der Waals surface area contributed by atoms with E-state index in [0.717, 1.165) is 24.9 Å². The monoisotopic (exact) mass is 270 g/mol. The Hall–Kier alpha value is -2.23. The molecule has 0 aliphatic carbocycles. The average molecular weight is 270 g/mol. The van der Waals surface area contributed by atoms with Crippen LogP contribution in [0.25, 0.3) is 0 Å². The van der Waals surface area contributed by atoms with Gasteiger partial charge in [-0.2, -0.15) is 0 Å². The van der Waals surface area contributed by atoms with Crippen molar-refractivity contribution in [3.05, 3.63) is 54.5 Å². The SMILES string of the molecule is Cc1ccnc(NC(=O)CCCC[n+]2ccccc2)c1. The summed E-state index contributed by atoms with van der Waals surface area (Å²) in [6.45, 7) is 2.92. The van der Waals surface area contributed by atoms with Gasteiger partial charge in [-0.05, 0) is 31.0 Å². The molecule has 0 aromatic carbocycles. The average Bonchev–Trinajstić information content (AvgIpc) is 2.45. The number of hydrogen-bond acceptors (Lipinski definition) is 2. The zero-order valence-electron chi connectivity index (χ0n) is 11.7. The molecule has 0 bridgehead atoms. The minimum Gasteiger partial charge on any atom is -0.311 e. The minimum atomic E-state index is 0.0289. The highest BCUT2D eigenvalue weighted by Gasteiger charge is 2.04. The zero-order chi connectivity index (χ0) is 14.2. The third-order valence-corrected chi connectivity index (χ3v) is 3.03. The lowest BCUT2D eigenvalue weighted by Crippen LogP contribution is -2.32. The second-order valence-electron chi connectivity index (χ2n) is 4.84. The van der Waals surface area contributed by atoms with Crippen molar-refractivity contribution in [2.75, 3.05) is 5.32 Å². The van der Waals surface area contributed by atoms with Crippen molar-refractivity contribution in [1.82, 2.24) is 4.98 Å². The third kappa shape index (κ3) is 4.80. The summed E-state index contributed by atoms with van der Waals surface area (Å²) in [5.41, 5.74) is 1.09. The lowest BCUT2D eigenvalue weighted by atomic mass is 10.2. The maximum absolute atomic E-state index is 11.8. The summed E-state index contributed by atoms with van der Waals surface area (Å²) < 4.78 is 2.13. The zero-order valence-corrected chi connectivity index (χ0v) is 11.7. The number of anilines is 1. The lowest BCUT2D eigenvalue weighted by Gasteiger charge is -2.04. The molecule has 1 amide bonds. The first kappa shape index (κ1) is 14.2. The van der Waals surface area contributed by atoms with Crippen molar-refractivity contribution in [2.45, 2.75) is 32.7 Å². The Morgan fingerprint density at radius 2 is 2.05 bits per heavy atom. The molecule has 4 nitrogen and oxygen atoms in total. The largest absolute Gasteiger partial charge is 0.311 e. The summed E-state index contributed by atoms with van der Waals surface area (Å²) >= 11 is 0. The Morgan fingerprint density at radius 1 is 1.25 bits per heavy atom. The highest BCUT2D eigenvalue weighted by Crippen LogP contribution is 2.06. The molecular formula is C16H20N3O+. The predicted octanol–water partition coefficient (Wildman–Crippen LogP) is 2.49. The van der Waals surface area contributed by atoms with E-state index in [9.17, 15) is 4.79 Å². The van der Waals surface area contributed by atoms with Crippen LogP contribution >= 0.6 is 0 Å². The Morgan fingerprint density at radius 3 is 2.80 bits per heavy atom. The topological polar surface area (TPSA) is 45.9 Å². The number of rotatable bonds is 6. The smallest absolute Gasteiger partial charge is 0.225 e. The molecule has 0 unspecified atom stereocenters. The van der Waals surface area contributed by atoms with E-state index < -0.39 is 0 Å². The Kier molecular flexibility index (Phi) is 5.24. The second kappa shape index (κ2) is 7.38. The molecule has 0 aliphatic heterocycles. The van der Waals surface area contributed by atoms with E-state index in [1.54, 1.807) is 6.20 Å². The van der Waals surface area contributed by atoms with E-state index in [1.165, 1.54) is 0 Å². The summed E-state index contributed by atoms with van der Waals surface area (Å²) in [5.74, 6) is 0.661. The van der Waals surface area contributed by atoms with Crippen LogP contribution in [0.2, 0.25) is 0 Å². The molecule has 4 heteroatoms. The fourth-order valence-corrected chi connectivity index (χ4v) is 1.97. The number of aryl methyl sites for hydroxylation is 2. The van der Waals surface area contributed by atoms with Crippen LogP contribution < -0.4 is 9.88 Å². The van der Waals surface area contributed by atoms with E-state index in [-0.39, 0.29) is 5.91 Å². The molecule has 20 heavy (non-hydrogen) atoms. The molecule has 2 rings (SSSR count). The first-order valence-corrected chi connectivity index (χ1v) is 6.90. The summed E-state index contributed by atoms with van der Waals surface area (Å²) in [6, 6.07) is 9.80. The van der Waals surface area contributed by atoms with Crippen molar-refractivity contribution in [3.63, 3.8) is 0 Å². The molecule has 1 N–H and O–H groups in total. The van der Waals surface area contributed by atoms with Crippen LogP contribution in [0.4, 0.5) is 5.82 Å². The van der Waals surface area contributed by atoms with E-state index in [0.29, 0.717) is 12.2 Å². The first-order chi connectivity index (χ1) is 9.74. The number of carbonyl (C=O) groups is 1. The normalized spacial score (nSPS) is 10.2. The Labute approximate surface area is 119 Å². The summed E-state index contributed by atoms with van der Waals surface area (Å²) in [6.07, 6.45) is 8.18. The number of amides is 1. The number of carbonyl (C=O) groups excluding carboxylic acids is 1. The van der Waals surface area contributed by atoms with Gasteiger partial charge < -0.3 is 5.32 Å². The van der Waals surface area contributed by atoms with Crippen molar-refractivity contribution in [2.24, 2.45) is 0 Å². The number of hydrogen-bond donors (Lipinski definition) is 1. The molecule has 104 valence electrons. The van der Waals surface area contributed by atoms with E-state index in [1.807, 2.05) is 49.6 Å². The molecule has 2 heterocycles. The van der Waals surface area contributed by atoms with Gasteiger partial charge in [0.1, 0.15) is 12.4 Å². The molecular weight excluding hydrogens is 250 g/mol. The van der Waals surface area contributed by atoms with Gasteiger partial charge in [-0.15, -0.1) is 0 Å². The lowest BCUT2D eigenvalue weighted by molar-refractivity contribution is -0.697. The van der Waals surface area contributed by atoms with Crippen LogP contribution in [0, 0.1) is 6.92 Å². The fraction of sp³-hybridized carbons (Fsp3) is 0.312. The summed E-state index contributed by atoms with van der Waals surface area (Å²) in [5, 5.41) is 2.82. The Bertz CT molecular complexity index is 555. The number of pyridine rings is 2. The van der Waals surface area contributed by atoms with Gasteiger partial charge >= 0.3 is 0 Å². The standard InChI is InChI=1S/C16H19N3O/c1-14-8-9-17-15(13-14)18-16(20)7-3-6-12-19-10-4-2-5-11-19/h2,4-5,8-11,13H,3,6-7,12H2,1H3/p+1. The number of aromatic nitrogens is 2. The van der Waals surface area contributed by atoms with E-state index >= 15 is 0 Å². The van der Waals surface area contributed by atoms with Crippen LogP contribution in [-0.2, 0) is 11.3 Å². The highest BCUT2D eigenvalue weighted by molar-refractivity contribution is 5.89.